The number of fused-ring (bicyclic) bond motifs is 4. The highest BCUT2D eigenvalue weighted by molar-refractivity contribution is 7.99. The Kier molecular flexibility index (Phi) is 18.3. The Balaban J connectivity index is 0.000000191. The molecule has 6 heterocycles. The number of hydrogen-bond acceptors (Lipinski definition) is 14. The summed E-state index contributed by atoms with van der Waals surface area (Å²) in [6, 6.07) is 37.7. The van der Waals surface area contributed by atoms with Crippen LogP contribution < -0.4 is 28.4 Å². The Labute approximate surface area is 466 Å². The molecule has 1 fully saturated rings. The maximum Gasteiger partial charge on any atom is 0.328 e. The lowest BCUT2D eigenvalue weighted by Gasteiger charge is -2.38. The Morgan fingerprint density at radius 1 is 0.590 bits per heavy atom. The zero-order valence-electron chi connectivity index (χ0n) is 45.7. The number of thioether (sulfide) groups is 1. The first-order valence-corrected chi connectivity index (χ1v) is 28.3. The van der Waals surface area contributed by atoms with Crippen molar-refractivity contribution in [1.29, 1.82) is 0 Å². The second-order valence-electron chi connectivity index (χ2n) is 20.1. The molecule has 6 aromatic rings. The molecule has 14 nitrogen and oxygen atoms in total. The van der Waals surface area contributed by atoms with Gasteiger partial charge in [-0.2, -0.15) is 0 Å². The van der Waals surface area contributed by atoms with Crippen LogP contribution in [0.1, 0.15) is 62.6 Å². The van der Waals surface area contributed by atoms with Crippen molar-refractivity contribution in [3.63, 3.8) is 0 Å². The molecule has 0 spiro atoms. The van der Waals surface area contributed by atoms with E-state index in [2.05, 4.69) is 132 Å². The molecule has 3 unspecified atom stereocenters. The lowest BCUT2D eigenvalue weighted by atomic mass is 9.87. The summed E-state index contributed by atoms with van der Waals surface area (Å²) in [5.41, 5.74) is 10.2. The summed E-state index contributed by atoms with van der Waals surface area (Å²) in [5.74, 6) is 2.90. The molecule has 6 aliphatic heterocycles. The molecule has 6 aliphatic rings. The molecule has 16 heteroatoms. The molecular weight excluding hydrogens is 1020 g/mol. The standard InChI is InChI=1S/C38H42N2O6.C20H24N2S2.C4H4O4/c1-39-15-13-25-20-32(42-4)34-22-28(25)29(39)17-23-7-10-27(11-8-23)45-33-19-24(9-12-31(33)41-3)18-30-36-26(14-16-40(30)2)21-35(43-5)37(44-6)38(36)46-34;1-21-9-11-22(12-10-21)18-13-15-5-3-4-6-19(15)24-20-8-7-16(23-2)14-17(18)20;5-3(6)1-2-4(7)8/h7-12,19-22,29-30H,13-18H2,1-6H3;3-8,14,18H,9-13H2,1-2H3;1-2H,(H,5,6)(H,7,8). The second-order valence-corrected chi connectivity index (χ2v) is 22.1. The van der Waals surface area contributed by atoms with Crippen LogP contribution >= 0.6 is 23.5 Å². The van der Waals surface area contributed by atoms with Gasteiger partial charge in [-0.15, -0.1) is 11.8 Å². The highest BCUT2D eigenvalue weighted by Gasteiger charge is 2.35. The predicted molar refractivity (Wildman–Crippen MR) is 306 cm³/mol. The summed E-state index contributed by atoms with van der Waals surface area (Å²) >= 11 is 3.79. The zero-order valence-corrected chi connectivity index (χ0v) is 47.4. The van der Waals surface area contributed by atoms with E-state index in [-0.39, 0.29) is 12.1 Å². The average molecular weight is 1100 g/mol. The molecule has 410 valence electrons. The first-order valence-electron chi connectivity index (χ1n) is 26.3. The molecular formula is C62H70N4O10S2. The van der Waals surface area contributed by atoms with E-state index in [1.807, 2.05) is 41.7 Å². The van der Waals surface area contributed by atoms with Crippen LogP contribution in [-0.2, 0) is 41.7 Å². The van der Waals surface area contributed by atoms with Crippen LogP contribution in [0.15, 0.2) is 130 Å². The molecule has 0 aliphatic carbocycles. The SMILES string of the molecule is COc1ccc2cc1Oc1ccc(cc1)CC1c3cc(c(OC)cc3CCN1C)Oc1c(OC)c(OC)cc3c1C(C2)N(C)CC3.CSc1ccc2c(c1)C(N1CCN(C)CC1)Cc1ccccc1S2.O=C(O)C=CC(=O)O. The van der Waals surface area contributed by atoms with Gasteiger partial charge in [0.25, 0.3) is 0 Å². The number of rotatable bonds is 8. The minimum absolute atomic E-state index is 0.000437. The second kappa shape index (κ2) is 25.4. The quantitative estimate of drug-likeness (QED) is 0.110. The van der Waals surface area contributed by atoms with E-state index in [1.165, 1.54) is 61.2 Å². The molecule has 6 aromatic carbocycles. The number of carboxylic acids is 2. The third-order valence-corrected chi connectivity index (χ3v) is 17.3. The lowest BCUT2D eigenvalue weighted by molar-refractivity contribution is -0.134. The molecule has 0 saturated carbocycles. The molecule has 12 rings (SSSR count). The van der Waals surface area contributed by atoms with Gasteiger partial charge in [-0.05, 0) is 165 Å². The summed E-state index contributed by atoms with van der Waals surface area (Å²) in [4.78, 5) is 33.3. The number of benzene rings is 6. The van der Waals surface area contributed by atoms with E-state index in [4.69, 9.17) is 38.6 Å². The van der Waals surface area contributed by atoms with Gasteiger partial charge in [-0.3, -0.25) is 14.7 Å². The molecule has 0 aromatic heterocycles. The van der Waals surface area contributed by atoms with E-state index in [1.54, 1.807) is 28.4 Å². The van der Waals surface area contributed by atoms with Crippen molar-refractivity contribution in [3.05, 3.63) is 160 Å². The Hall–Kier alpha value is -6.66. The van der Waals surface area contributed by atoms with Gasteiger partial charge in [-0.1, -0.05) is 48.2 Å². The van der Waals surface area contributed by atoms with Crippen molar-refractivity contribution in [1.82, 2.24) is 19.6 Å². The third kappa shape index (κ3) is 12.8. The van der Waals surface area contributed by atoms with Crippen LogP contribution in [0, 0.1) is 0 Å². The third-order valence-electron chi connectivity index (χ3n) is 15.4. The molecule has 0 amide bonds. The largest absolute Gasteiger partial charge is 0.493 e. The molecule has 6 bridgehead atoms. The van der Waals surface area contributed by atoms with Crippen LogP contribution in [0.4, 0.5) is 0 Å². The van der Waals surface area contributed by atoms with Gasteiger partial charge in [0.2, 0.25) is 5.75 Å². The van der Waals surface area contributed by atoms with Gasteiger partial charge in [0.1, 0.15) is 5.75 Å². The fraction of sp³-hybridized carbons (Fsp3) is 0.355. The average Bonchev–Trinajstić information content (AvgIpc) is 3.77. The van der Waals surface area contributed by atoms with Gasteiger partial charge in [-0.25, -0.2) is 9.59 Å². The lowest BCUT2D eigenvalue weighted by Crippen LogP contribution is -2.46. The van der Waals surface area contributed by atoms with Gasteiger partial charge < -0.3 is 43.5 Å². The first kappa shape index (κ1) is 56.1. The summed E-state index contributed by atoms with van der Waals surface area (Å²) in [6.07, 6.45) is 7.78. The smallest absolute Gasteiger partial charge is 0.328 e. The minimum Gasteiger partial charge on any atom is -0.493 e. The van der Waals surface area contributed by atoms with Crippen molar-refractivity contribution in [2.45, 2.75) is 64.9 Å². The molecule has 1 saturated heterocycles. The maximum atomic E-state index is 9.55. The predicted octanol–water partition coefficient (Wildman–Crippen LogP) is 11.3. The highest BCUT2D eigenvalue weighted by Crippen LogP contribution is 2.52. The van der Waals surface area contributed by atoms with E-state index in [0.29, 0.717) is 58.4 Å². The summed E-state index contributed by atoms with van der Waals surface area (Å²) in [6.45, 7) is 6.53. The monoisotopic (exact) mass is 1090 g/mol. The Morgan fingerprint density at radius 2 is 1.23 bits per heavy atom. The number of hydrogen-bond donors (Lipinski definition) is 2. The number of likely N-dealkylation sites (N-methyl/N-ethyl adjacent to an activating group) is 3. The van der Waals surface area contributed by atoms with Crippen molar-refractivity contribution >= 4 is 35.5 Å². The van der Waals surface area contributed by atoms with Crippen LogP contribution in [-0.4, -0.2) is 137 Å². The zero-order chi connectivity index (χ0) is 55.0. The van der Waals surface area contributed by atoms with Crippen molar-refractivity contribution in [3.8, 4) is 46.0 Å². The van der Waals surface area contributed by atoms with E-state index < -0.39 is 11.9 Å². The van der Waals surface area contributed by atoms with E-state index in [9.17, 15) is 9.59 Å². The van der Waals surface area contributed by atoms with Crippen molar-refractivity contribution in [2.75, 3.05) is 95.1 Å². The van der Waals surface area contributed by atoms with Gasteiger partial charge in [0, 0.05) is 89.8 Å². The fourth-order valence-corrected chi connectivity index (χ4v) is 12.7. The summed E-state index contributed by atoms with van der Waals surface area (Å²) in [5, 5.41) is 15.6. The number of piperazine rings is 1. The van der Waals surface area contributed by atoms with Gasteiger partial charge >= 0.3 is 11.9 Å². The first-order chi connectivity index (χ1) is 37.8. The molecule has 0 radical (unpaired) electrons. The molecule has 78 heavy (non-hydrogen) atoms. The number of ether oxygens (including phenoxy) is 6. The number of aliphatic carboxylic acids is 2. The van der Waals surface area contributed by atoms with E-state index in [0.717, 1.165) is 75.2 Å². The van der Waals surface area contributed by atoms with Crippen LogP contribution in [0.2, 0.25) is 0 Å². The number of carboxylic acid groups (broad SMARTS) is 2. The van der Waals surface area contributed by atoms with E-state index >= 15 is 0 Å². The summed E-state index contributed by atoms with van der Waals surface area (Å²) < 4.78 is 37.1. The molecule has 3 atom stereocenters. The van der Waals surface area contributed by atoms with Gasteiger partial charge in [0.15, 0.2) is 34.5 Å². The molecule has 2 N–H and O–H groups in total. The Morgan fingerprint density at radius 3 is 1.91 bits per heavy atom. The maximum absolute atomic E-state index is 9.55. The van der Waals surface area contributed by atoms with Gasteiger partial charge in [0.05, 0.1) is 28.4 Å². The number of nitrogens with zero attached hydrogens (tertiary/aromatic N) is 4. The van der Waals surface area contributed by atoms with Crippen molar-refractivity contribution < 1.29 is 48.2 Å². The van der Waals surface area contributed by atoms with Crippen LogP contribution in [0.3, 0.4) is 0 Å². The summed E-state index contributed by atoms with van der Waals surface area (Å²) in [7, 11) is 13.3. The number of methoxy groups -OCH3 is 4. The van der Waals surface area contributed by atoms with Crippen LogP contribution in [0.5, 0.6) is 46.0 Å². The number of carbonyl (C=O) groups is 2. The Bertz CT molecular complexity index is 3130. The fourth-order valence-electron chi connectivity index (χ4n) is 11.1. The normalized spacial score (nSPS) is 19.0. The topological polar surface area (TPSA) is 143 Å². The van der Waals surface area contributed by atoms with Crippen LogP contribution in [0.25, 0.3) is 0 Å². The highest BCUT2D eigenvalue weighted by atomic mass is 32.2. The van der Waals surface area contributed by atoms with Crippen molar-refractivity contribution in [2.24, 2.45) is 0 Å². The minimum atomic E-state index is -1.26.